The molecule has 1 heterocycles. The van der Waals surface area contributed by atoms with Crippen molar-refractivity contribution in [2.75, 3.05) is 19.8 Å². The van der Waals surface area contributed by atoms with Crippen molar-refractivity contribution < 1.29 is 13.2 Å². The van der Waals surface area contributed by atoms with E-state index in [0.717, 1.165) is 12.8 Å². The Bertz CT molecular complexity index is 523. The summed E-state index contributed by atoms with van der Waals surface area (Å²) in [6.45, 7) is 3.62. The van der Waals surface area contributed by atoms with E-state index in [1.165, 1.54) is 12.3 Å². The second-order valence-electron chi connectivity index (χ2n) is 4.16. The maximum Gasteiger partial charge on any atom is 0.242 e. The van der Waals surface area contributed by atoms with Crippen molar-refractivity contribution in [3.8, 4) is 0 Å². The molecule has 0 aliphatic carbocycles. The molecule has 0 saturated heterocycles. The number of nitrogens with zero attached hydrogens (tertiary/aromatic N) is 1. The topological polar surface area (TPSA) is 68.3 Å². The second-order valence-corrected chi connectivity index (χ2v) is 6.69. The average Bonchev–Trinajstić information content (AvgIpc) is 2.40. The first-order valence-corrected chi connectivity index (χ1v) is 8.59. The van der Waals surface area contributed by atoms with Crippen LogP contribution in [0.3, 0.4) is 0 Å². The van der Waals surface area contributed by atoms with Crippen molar-refractivity contribution in [3.05, 3.63) is 22.4 Å². The number of pyridine rings is 1. The molecule has 1 rings (SSSR count). The Kier molecular flexibility index (Phi) is 7.76. The summed E-state index contributed by atoms with van der Waals surface area (Å²) < 4.78 is 31.7. The minimum atomic E-state index is -3.61. The Labute approximate surface area is 129 Å². The zero-order valence-corrected chi connectivity index (χ0v) is 13.6. The summed E-state index contributed by atoms with van der Waals surface area (Å²) in [5, 5.41) is 0.187. The van der Waals surface area contributed by atoms with Gasteiger partial charge in [-0.25, -0.2) is 18.1 Å². The Morgan fingerprint density at radius 2 is 2.00 bits per heavy atom. The lowest BCUT2D eigenvalue weighted by Gasteiger charge is -2.07. The zero-order chi connectivity index (χ0) is 15.0. The summed E-state index contributed by atoms with van der Waals surface area (Å²) in [7, 11) is -3.61. The highest BCUT2D eigenvalue weighted by Gasteiger charge is 2.15. The van der Waals surface area contributed by atoms with Crippen LogP contribution in [0.5, 0.6) is 0 Å². The van der Waals surface area contributed by atoms with Crippen molar-refractivity contribution in [1.82, 2.24) is 9.71 Å². The lowest BCUT2D eigenvalue weighted by atomic mass is 10.4. The number of ether oxygens (including phenoxy) is 1. The predicted molar refractivity (Wildman–Crippen MR) is 79.8 cm³/mol. The van der Waals surface area contributed by atoms with Crippen LogP contribution in [0.2, 0.25) is 10.2 Å². The Morgan fingerprint density at radius 1 is 1.30 bits per heavy atom. The van der Waals surface area contributed by atoms with Crippen molar-refractivity contribution in [2.45, 2.75) is 31.1 Å². The largest absolute Gasteiger partial charge is 0.381 e. The monoisotopic (exact) mass is 340 g/mol. The molecule has 0 amide bonds. The fourth-order valence-electron chi connectivity index (χ4n) is 1.36. The summed E-state index contributed by atoms with van der Waals surface area (Å²) in [4.78, 5) is 3.71. The molecule has 0 aliphatic heterocycles. The van der Waals surface area contributed by atoms with Crippen molar-refractivity contribution in [2.24, 2.45) is 0 Å². The third-order valence-electron chi connectivity index (χ3n) is 2.48. The van der Waals surface area contributed by atoms with Gasteiger partial charge in [0.25, 0.3) is 0 Å². The molecule has 0 saturated carbocycles. The van der Waals surface area contributed by atoms with E-state index in [0.29, 0.717) is 26.2 Å². The van der Waals surface area contributed by atoms with Gasteiger partial charge in [0.1, 0.15) is 10.0 Å². The van der Waals surface area contributed by atoms with Crippen LogP contribution in [-0.4, -0.2) is 33.2 Å². The van der Waals surface area contributed by atoms with Gasteiger partial charge in [0, 0.05) is 26.0 Å². The molecule has 1 aromatic heterocycles. The maximum absolute atomic E-state index is 11.9. The summed E-state index contributed by atoms with van der Waals surface area (Å²) in [6.07, 6.45) is 3.88. The fourth-order valence-corrected chi connectivity index (χ4v) is 2.74. The van der Waals surface area contributed by atoms with Crippen LogP contribution >= 0.6 is 23.2 Å². The van der Waals surface area contributed by atoms with Crippen LogP contribution in [0.4, 0.5) is 0 Å². The van der Waals surface area contributed by atoms with Crippen LogP contribution in [0, 0.1) is 0 Å². The quantitative estimate of drug-likeness (QED) is 0.554. The number of nitrogens with one attached hydrogen (secondary N) is 1. The molecule has 1 aromatic rings. The molecule has 5 nitrogen and oxygen atoms in total. The number of aromatic nitrogens is 1. The van der Waals surface area contributed by atoms with E-state index in [4.69, 9.17) is 27.9 Å². The number of halogens is 2. The van der Waals surface area contributed by atoms with Crippen LogP contribution in [-0.2, 0) is 14.8 Å². The Hall–Kier alpha value is -0.400. The number of rotatable bonds is 9. The van der Waals surface area contributed by atoms with Gasteiger partial charge in [0.15, 0.2) is 0 Å². The van der Waals surface area contributed by atoms with Gasteiger partial charge < -0.3 is 4.74 Å². The standard InChI is InChI=1S/C12H18Cl2N2O3S/c1-2-3-6-19-7-4-5-16-20(17,18)10-8-11(13)12(14)15-9-10/h8-9,16H,2-7H2,1H3. The number of sulfonamides is 1. The minimum Gasteiger partial charge on any atom is -0.381 e. The summed E-state index contributed by atoms with van der Waals surface area (Å²) in [5.74, 6) is 0. The first kappa shape index (κ1) is 17.7. The minimum absolute atomic E-state index is 0.00111. The molecular formula is C12H18Cl2N2O3S. The van der Waals surface area contributed by atoms with Gasteiger partial charge in [-0.3, -0.25) is 0 Å². The van der Waals surface area contributed by atoms with Gasteiger partial charge in [-0.1, -0.05) is 36.5 Å². The smallest absolute Gasteiger partial charge is 0.242 e. The third kappa shape index (κ3) is 5.93. The molecular weight excluding hydrogens is 323 g/mol. The molecule has 0 radical (unpaired) electrons. The molecule has 0 fully saturated rings. The maximum atomic E-state index is 11.9. The fraction of sp³-hybridized carbons (Fsp3) is 0.583. The molecule has 8 heteroatoms. The zero-order valence-electron chi connectivity index (χ0n) is 11.2. The van der Waals surface area contributed by atoms with Crippen LogP contribution in [0.1, 0.15) is 26.2 Å². The number of hydrogen-bond acceptors (Lipinski definition) is 4. The van der Waals surface area contributed by atoms with Crippen LogP contribution in [0.25, 0.3) is 0 Å². The Balaban J connectivity index is 2.40. The predicted octanol–water partition coefficient (Wildman–Crippen LogP) is 2.87. The van der Waals surface area contributed by atoms with Crippen LogP contribution < -0.4 is 4.72 Å². The molecule has 1 N–H and O–H groups in total. The van der Waals surface area contributed by atoms with Gasteiger partial charge in [0.05, 0.1) is 5.02 Å². The molecule has 0 spiro atoms. The summed E-state index contributed by atoms with van der Waals surface area (Å²) >= 11 is 11.4. The third-order valence-corrected chi connectivity index (χ3v) is 4.60. The summed E-state index contributed by atoms with van der Waals surface area (Å²) in [6, 6.07) is 1.27. The lowest BCUT2D eigenvalue weighted by Crippen LogP contribution is -2.25. The van der Waals surface area contributed by atoms with Crippen molar-refractivity contribution in [3.63, 3.8) is 0 Å². The molecule has 0 atom stereocenters. The van der Waals surface area contributed by atoms with Crippen LogP contribution in [0.15, 0.2) is 17.2 Å². The van der Waals surface area contributed by atoms with Gasteiger partial charge in [-0.05, 0) is 18.9 Å². The van der Waals surface area contributed by atoms with E-state index >= 15 is 0 Å². The highest BCUT2D eigenvalue weighted by atomic mass is 35.5. The first-order chi connectivity index (χ1) is 9.47. The normalized spacial score (nSPS) is 11.8. The van der Waals surface area contributed by atoms with E-state index in [1.54, 1.807) is 0 Å². The highest BCUT2D eigenvalue weighted by molar-refractivity contribution is 7.89. The average molecular weight is 341 g/mol. The van der Waals surface area contributed by atoms with Crippen molar-refractivity contribution >= 4 is 33.2 Å². The number of hydrogen-bond donors (Lipinski definition) is 1. The SMILES string of the molecule is CCCCOCCCNS(=O)(=O)c1cnc(Cl)c(Cl)c1. The van der Waals surface area contributed by atoms with Gasteiger partial charge in [-0.2, -0.15) is 0 Å². The van der Waals surface area contributed by atoms with E-state index in [2.05, 4.69) is 16.6 Å². The van der Waals surface area contributed by atoms with E-state index < -0.39 is 10.0 Å². The lowest BCUT2D eigenvalue weighted by molar-refractivity contribution is 0.130. The molecule has 0 aromatic carbocycles. The highest BCUT2D eigenvalue weighted by Crippen LogP contribution is 2.21. The van der Waals surface area contributed by atoms with E-state index in [-0.39, 0.29) is 15.1 Å². The molecule has 114 valence electrons. The number of unbranched alkanes of at least 4 members (excludes halogenated alkanes) is 1. The van der Waals surface area contributed by atoms with Crippen molar-refractivity contribution in [1.29, 1.82) is 0 Å². The molecule has 20 heavy (non-hydrogen) atoms. The van der Waals surface area contributed by atoms with E-state index in [9.17, 15) is 8.42 Å². The van der Waals surface area contributed by atoms with E-state index in [1.807, 2.05) is 0 Å². The first-order valence-electron chi connectivity index (χ1n) is 6.36. The van der Waals surface area contributed by atoms with Gasteiger partial charge >= 0.3 is 0 Å². The molecule has 0 unspecified atom stereocenters. The second kappa shape index (κ2) is 8.79. The summed E-state index contributed by atoms with van der Waals surface area (Å²) in [5.41, 5.74) is 0. The molecule has 0 bridgehead atoms. The van der Waals surface area contributed by atoms with Gasteiger partial charge in [-0.15, -0.1) is 0 Å². The Morgan fingerprint density at radius 3 is 2.65 bits per heavy atom. The van der Waals surface area contributed by atoms with Gasteiger partial charge in [0.2, 0.25) is 10.0 Å². The molecule has 0 aliphatic rings.